The van der Waals surface area contributed by atoms with E-state index in [1.807, 2.05) is 0 Å². The van der Waals surface area contributed by atoms with Gasteiger partial charge in [0.05, 0.1) is 5.56 Å². The lowest BCUT2D eigenvalue weighted by atomic mass is 10.2. The van der Waals surface area contributed by atoms with E-state index in [2.05, 4.69) is 15.8 Å². The van der Waals surface area contributed by atoms with Gasteiger partial charge in [-0.1, -0.05) is 11.2 Å². The summed E-state index contributed by atoms with van der Waals surface area (Å²) in [7, 11) is 0. The van der Waals surface area contributed by atoms with Crippen molar-refractivity contribution in [2.45, 2.75) is 6.18 Å². The SMILES string of the molecule is O=C(/C=N/OCC(=O)Nc1ccc2c(c1)OCCO2)Nc1cccc(C(F)(F)F)c1. The lowest BCUT2D eigenvalue weighted by molar-refractivity contribution is -0.137. The highest BCUT2D eigenvalue weighted by Gasteiger charge is 2.30. The Kier molecular flexibility index (Phi) is 6.40. The van der Waals surface area contributed by atoms with Crippen molar-refractivity contribution in [3.8, 4) is 11.5 Å². The molecule has 8 nitrogen and oxygen atoms in total. The molecule has 0 saturated heterocycles. The van der Waals surface area contributed by atoms with Gasteiger partial charge in [-0.15, -0.1) is 0 Å². The maximum Gasteiger partial charge on any atom is 0.416 e. The van der Waals surface area contributed by atoms with Crippen LogP contribution in [0.15, 0.2) is 47.6 Å². The lowest BCUT2D eigenvalue weighted by Crippen LogP contribution is -2.19. The highest BCUT2D eigenvalue weighted by Crippen LogP contribution is 2.32. The highest BCUT2D eigenvalue weighted by molar-refractivity contribution is 6.31. The molecule has 1 aliphatic rings. The third-order valence-corrected chi connectivity index (χ3v) is 3.72. The molecule has 2 amide bonds. The number of carbonyl (C=O) groups is 2. The second kappa shape index (κ2) is 9.16. The Morgan fingerprint density at radius 1 is 1.03 bits per heavy atom. The molecule has 0 unspecified atom stereocenters. The average molecular weight is 423 g/mol. The number of benzene rings is 2. The van der Waals surface area contributed by atoms with E-state index in [9.17, 15) is 22.8 Å². The van der Waals surface area contributed by atoms with Crippen molar-refractivity contribution < 1.29 is 37.1 Å². The number of carbonyl (C=O) groups excluding carboxylic acids is 2. The van der Waals surface area contributed by atoms with Gasteiger partial charge in [-0.25, -0.2) is 0 Å². The Morgan fingerprint density at radius 2 is 1.77 bits per heavy atom. The van der Waals surface area contributed by atoms with Crippen LogP contribution in [-0.2, 0) is 20.6 Å². The molecule has 0 bridgehead atoms. The standard InChI is InChI=1S/C19H16F3N3O5/c20-19(21,22)12-2-1-3-13(8-12)24-17(26)10-23-30-11-18(27)25-14-4-5-15-16(9-14)29-7-6-28-15/h1-5,8-10H,6-7,11H2,(H,24,26)(H,25,27)/b23-10+. The summed E-state index contributed by atoms with van der Waals surface area (Å²) in [6.45, 7) is 0.373. The van der Waals surface area contributed by atoms with E-state index in [1.165, 1.54) is 6.07 Å². The molecular weight excluding hydrogens is 407 g/mol. The van der Waals surface area contributed by atoms with Gasteiger partial charge in [0.25, 0.3) is 11.8 Å². The number of rotatable bonds is 6. The molecule has 0 saturated carbocycles. The monoisotopic (exact) mass is 423 g/mol. The quantitative estimate of drug-likeness (QED) is 0.550. The smallest absolute Gasteiger partial charge is 0.416 e. The highest BCUT2D eigenvalue weighted by atomic mass is 19.4. The fourth-order valence-corrected chi connectivity index (χ4v) is 2.45. The zero-order valence-electron chi connectivity index (χ0n) is 15.4. The van der Waals surface area contributed by atoms with Crippen molar-refractivity contribution in [3.05, 3.63) is 48.0 Å². The van der Waals surface area contributed by atoms with Crippen LogP contribution in [0.5, 0.6) is 11.5 Å². The fraction of sp³-hybridized carbons (Fsp3) is 0.211. The van der Waals surface area contributed by atoms with Crippen molar-refractivity contribution >= 4 is 29.4 Å². The molecule has 0 atom stereocenters. The minimum Gasteiger partial charge on any atom is -0.486 e. The summed E-state index contributed by atoms with van der Waals surface area (Å²) in [5.74, 6) is -0.278. The predicted octanol–water partition coefficient (Wildman–Crippen LogP) is 3.06. The summed E-state index contributed by atoms with van der Waals surface area (Å²) in [4.78, 5) is 28.3. The number of hydrogen-bond acceptors (Lipinski definition) is 6. The van der Waals surface area contributed by atoms with Gasteiger partial charge in [-0.05, 0) is 30.3 Å². The third-order valence-electron chi connectivity index (χ3n) is 3.72. The van der Waals surface area contributed by atoms with E-state index in [0.717, 1.165) is 18.2 Å². The fourth-order valence-electron chi connectivity index (χ4n) is 2.45. The molecule has 30 heavy (non-hydrogen) atoms. The predicted molar refractivity (Wildman–Crippen MR) is 101 cm³/mol. The van der Waals surface area contributed by atoms with Crippen LogP contribution >= 0.6 is 0 Å². The van der Waals surface area contributed by atoms with Gasteiger partial charge in [0.15, 0.2) is 18.1 Å². The van der Waals surface area contributed by atoms with Crippen LogP contribution in [0, 0.1) is 0 Å². The van der Waals surface area contributed by atoms with E-state index in [-0.39, 0.29) is 5.69 Å². The molecule has 2 N–H and O–H groups in total. The maximum atomic E-state index is 12.7. The first-order valence-electron chi connectivity index (χ1n) is 8.64. The van der Waals surface area contributed by atoms with Crippen LogP contribution in [0.1, 0.15) is 5.56 Å². The second-order valence-electron chi connectivity index (χ2n) is 5.98. The third kappa shape index (κ3) is 5.87. The molecule has 0 aliphatic carbocycles. The minimum absolute atomic E-state index is 0.0578. The first-order valence-corrected chi connectivity index (χ1v) is 8.64. The molecule has 1 heterocycles. The van der Waals surface area contributed by atoms with E-state index in [0.29, 0.717) is 36.6 Å². The number of hydrogen-bond donors (Lipinski definition) is 2. The molecule has 2 aromatic rings. The Balaban J connectivity index is 1.44. The molecule has 1 aliphatic heterocycles. The van der Waals surface area contributed by atoms with E-state index in [1.54, 1.807) is 18.2 Å². The molecule has 2 aromatic carbocycles. The summed E-state index contributed by atoms with van der Waals surface area (Å²) < 4.78 is 48.8. The Labute approximate surface area is 168 Å². The van der Waals surface area contributed by atoms with Gasteiger partial charge >= 0.3 is 6.18 Å². The Bertz CT molecular complexity index is 963. The summed E-state index contributed by atoms with van der Waals surface area (Å²) in [6, 6.07) is 8.99. The molecule has 158 valence electrons. The zero-order chi connectivity index (χ0) is 21.6. The molecule has 0 radical (unpaired) electrons. The van der Waals surface area contributed by atoms with Crippen LogP contribution in [0.4, 0.5) is 24.5 Å². The first-order chi connectivity index (χ1) is 14.3. The molecule has 0 fully saturated rings. The van der Waals surface area contributed by atoms with Crippen molar-refractivity contribution in [1.82, 2.24) is 0 Å². The number of amides is 2. The van der Waals surface area contributed by atoms with Crippen LogP contribution < -0.4 is 20.1 Å². The number of ether oxygens (including phenoxy) is 2. The first kappa shape index (κ1) is 21.0. The number of nitrogens with zero attached hydrogens (tertiary/aromatic N) is 1. The summed E-state index contributed by atoms with van der Waals surface area (Å²) in [5, 5.41) is 8.10. The van der Waals surface area contributed by atoms with Gasteiger partial charge in [0.2, 0.25) is 0 Å². The van der Waals surface area contributed by atoms with Gasteiger partial charge in [-0.2, -0.15) is 13.2 Å². The molecular formula is C19H16F3N3O5. The zero-order valence-corrected chi connectivity index (χ0v) is 15.4. The number of halogens is 3. The van der Waals surface area contributed by atoms with Gasteiger partial charge in [0, 0.05) is 17.4 Å². The Morgan fingerprint density at radius 3 is 2.53 bits per heavy atom. The summed E-state index contributed by atoms with van der Waals surface area (Å²) in [6.07, 6.45) is -3.82. The van der Waals surface area contributed by atoms with Gasteiger partial charge < -0.3 is 24.9 Å². The Hall–Kier alpha value is -3.76. The van der Waals surface area contributed by atoms with Crippen LogP contribution in [-0.4, -0.2) is 37.8 Å². The normalized spacial score (nSPS) is 13.0. The van der Waals surface area contributed by atoms with Crippen molar-refractivity contribution in [3.63, 3.8) is 0 Å². The average Bonchev–Trinajstić information content (AvgIpc) is 2.71. The second-order valence-corrected chi connectivity index (χ2v) is 5.98. The summed E-state index contributed by atoms with van der Waals surface area (Å²) >= 11 is 0. The number of anilines is 2. The number of alkyl halides is 3. The van der Waals surface area contributed by atoms with Crippen LogP contribution in [0.2, 0.25) is 0 Å². The van der Waals surface area contributed by atoms with Gasteiger partial charge in [0.1, 0.15) is 19.4 Å². The molecule has 3 rings (SSSR count). The van der Waals surface area contributed by atoms with E-state index in [4.69, 9.17) is 14.3 Å². The van der Waals surface area contributed by atoms with Crippen LogP contribution in [0.3, 0.4) is 0 Å². The maximum absolute atomic E-state index is 12.7. The van der Waals surface area contributed by atoms with Gasteiger partial charge in [-0.3, -0.25) is 9.59 Å². The molecule has 11 heteroatoms. The topological polar surface area (TPSA) is 98.2 Å². The number of nitrogens with one attached hydrogen (secondary N) is 2. The van der Waals surface area contributed by atoms with E-state index >= 15 is 0 Å². The van der Waals surface area contributed by atoms with Crippen molar-refractivity contribution in [2.75, 3.05) is 30.5 Å². The largest absolute Gasteiger partial charge is 0.486 e. The molecule has 0 aromatic heterocycles. The number of fused-ring (bicyclic) bond motifs is 1. The van der Waals surface area contributed by atoms with Crippen LogP contribution in [0.25, 0.3) is 0 Å². The van der Waals surface area contributed by atoms with E-state index < -0.39 is 30.2 Å². The minimum atomic E-state index is -4.53. The summed E-state index contributed by atoms with van der Waals surface area (Å²) in [5.41, 5.74) is -0.499. The van der Waals surface area contributed by atoms with Crippen molar-refractivity contribution in [1.29, 1.82) is 0 Å². The van der Waals surface area contributed by atoms with Crippen molar-refractivity contribution in [2.24, 2.45) is 5.16 Å². The molecule has 0 spiro atoms. The lowest BCUT2D eigenvalue weighted by Gasteiger charge is -2.18. The number of oxime groups is 1.